The molecule has 1 saturated heterocycles. The third-order valence-electron chi connectivity index (χ3n) is 5.24. The number of amides is 1. The Bertz CT molecular complexity index is 815. The molecule has 6 nitrogen and oxygen atoms in total. The lowest BCUT2D eigenvalue weighted by molar-refractivity contribution is -0.130. The Hall–Kier alpha value is -2.64. The molecule has 0 spiro atoms. The van der Waals surface area contributed by atoms with Gasteiger partial charge in [-0.25, -0.2) is 4.39 Å². The molecule has 1 aliphatic heterocycles. The van der Waals surface area contributed by atoms with Crippen LogP contribution in [-0.4, -0.2) is 54.9 Å². The second kappa shape index (κ2) is 10.9. The number of nitrogens with zero attached hydrogens (tertiary/aromatic N) is 1. The number of β-amino-alcohol motifs (C(OH)–C–C–N with tert-alkyl or cyclic N) is 1. The summed E-state index contributed by atoms with van der Waals surface area (Å²) in [6.07, 6.45) is 1.33. The zero-order valence-electron chi connectivity index (χ0n) is 17.2. The highest BCUT2D eigenvalue weighted by Gasteiger charge is 2.31. The SMILES string of the molecule is COc1cccc(OCC(O)CN2C(=O)CCC2CCNCc2ccc(F)cc2)c1. The molecule has 1 aliphatic rings. The number of carbonyl (C=O) groups excluding carboxylic acids is 1. The predicted molar refractivity (Wildman–Crippen MR) is 112 cm³/mol. The lowest BCUT2D eigenvalue weighted by Gasteiger charge is -2.27. The van der Waals surface area contributed by atoms with Crippen molar-refractivity contribution in [1.82, 2.24) is 10.2 Å². The number of nitrogens with one attached hydrogen (secondary N) is 1. The molecular formula is C23H29FN2O4. The van der Waals surface area contributed by atoms with Crippen LogP contribution in [0.1, 0.15) is 24.8 Å². The van der Waals surface area contributed by atoms with Gasteiger partial charge in [0, 0.05) is 25.1 Å². The van der Waals surface area contributed by atoms with Gasteiger partial charge in [-0.3, -0.25) is 4.79 Å². The van der Waals surface area contributed by atoms with Crippen LogP contribution in [-0.2, 0) is 11.3 Å². The quantitative estimate of drug-likeness (QED) is 0.551. The Kier molecular flexibility index (Phi) is 8.04. The van der Waals surface area contributed by atoms with Crippen molar-refractivity contribution in [3.63, 3.8) is 0 Å². The van der Waals surface area contributed by atoms with E-state index in [0.717, 1.165) is 24.9 Å². The molecule has 0 aromatic heterocycles. The van der Waals surface area contributed by atoms with Crippen molar-refractivity contribution < 1.29 is 23.8 Å². The summed E-state index contributed by atoms with van der Waals surface area (Å²) in [5, 5.41) is 13.7. The maximum atomic E-state index is 13.0. The van der Waals surface area contributed by atoms with E-state index in [0.29, 0.717) is 24.5 Å². The monoisotopic (exact) mass is 416 g/mol. The van der Waals surface area contributed by atoms with Crippen molar-refractivity contribution in [3.8, 4) is 11.5 Å². The van der Waals surface area contributed by atoms with E-state index >= 15 is 0 Å². The molecular weight excluding hydrogens is 387 g/mol. The van der Waals surface area contributed by atoms with Crippen molar-refractivity contribution in [2.24, 2.45) is 0 Å². The highest BCUT2D eigenvalue weighted by atomic mass is 19.1. The topological polar surface area (TPSA) is 71.0 Å². The first-order valence-corrected chi connectivity index (χ1v) is 10.2. The van der Waals surface area contributed by atoms with Crippen LogP contribution < -0.4 is 14.8 Å². The van der Waals surface area contributed by atoms with Gasteiger partial charge in [0.1, 0.15) is 30.0 Å². The van der Waals surface area contributed by atoms with E-state index in [2.05, 4.69) is 5.32 Å². The lowest BCUT2D eigenvalue weighted by Crippen LogP contribution is -2.42. The largest absolute Gasteiger partial charge is 0.497 e. The van der Waals surface area contributed by atoms with Crippen LogP contribution in [0.2, 0.25) is 0 Å². The molecule has 0 saturated carbocycles. The summed E-state index contributed by atoms with van der Waals surface area (Å²) in [4.78, 5) is 14.0. The van der Waals surface area contributed by atoms with E-state index in [1.165, 1.54) is 12.1 Å². The molecule has 1 heterocycles. The van der Waals surface area contributed by atoms with Gasteiger partial charge in [-0.1, -0.05) is 18.2 Å². The maximum Gasteiger partial charge on any atom is 0.222 e. The second-order valence-corrected chi connectivity index (χ2v) is 7.47. The minimum Gasteiger partial charge on any atom is -0.497 e. The van der Waals surface area contributed by atoms with Gasteiger partial charge in [-0.15, -0.1) is 0 Å². The zero-order valence-corrected chi connectivity index (χ0v) is 17.2. The van der Waals surface area contributed by atoms with Gasteiger partial charge in [0.25, 0.3) is 0 Å². The number of hydrogen-bond donors (Lipinski definition) is 2. The fourth-order valence-corrected chi connectivity index (χ4v) is 3.61. The number of likely N-dealkylation sites (tertiary alicyclic amines) is 1. The van der Waals surface area contributed by atoms with Crippen molar-refractivity contribution in [3.05, 3.63) is 59.9 Å². The first-order valence-electron chi connectivity index (χ1n) is 10.2. The van der Waals surface area contributed by atoms with Crippen molar-refractivity contribution >= 4 is 5.91 Å². The van der Waals surface area contributed by atoms with Crippen LogP contribution in [0.25, 0.3) is 0 Å². The van der Waals surface area contributed by atoms with Gasteiger partial charge in [0.15, 0.2) is 0 Å². The fraction of sp³-hybridized carbons (Fsp3) is 0.435. The van der Waals surface area contributed by atoms with E-state index < -0.39 is 6.10 Å². The first kappa shape index (κ1) is 22.1. The van der Waals surface area contributed by atoms with Gasteiger partial charge in [0.2, 0.25) is 5.91 Å². The smallest absolute Gasteiger partial charge is 0.222 e. The predicted octanol–water partition coefficient (Wildman–Crippen LogP) is 2.74. The molecule has 0 aliphatic carbocycles. The number of benzene rings is 2. The van der Waals surface area contributed by atoms with Crippen LogP contribution in [0.5, 0.6) is 11.5 Å². The molecule has 0 bridgehead atoms. The van der Waals surface area contributed by atoms with Crippen LogP contribution in [0, 0.1) is 5.82 Å². The van der Waals surface area contributed by atoms with Crippen LogP contribution in [0.4, 0.5) is 4.39 Å². The van der Waals surface area contributed by atoms with E-state index in [1.807, 2.05) is 12.1 Å². The van der Waals surface area contributed by atoms with Gasteiger partial charge < -0.3 is 24.8 Å². The number of aliphatic hydroxyl groups excluding tert-OH is 1. The van der Waals surface area contributed by atoms with Crippen LogP contribution >= 0.6 is 0 Å². The van der Waals surface area contributed by atoms with E-state index in [-0.39, 0.29) is 30.9 Å². The standard InChI is InChI=1S/C23H29FN2O4/c1-29-21-3-2-4-22(13-21)30-16-20(27)15-26-19(9-10-23(26)28)11-12-25-14-17-5-7-18(24)8-6-17/h2-8,13,19-20,25,27H,9-12,14-16H2,1H3. The highest BCUT2D eigenvalue weighted by Crippen LogP contribution is 2.22. The molecule has 2 aromatic carbocycles. The number of halogens is 1. The molecule has 1 amide bonds. The summed E-state index contributed by atoms with van der Waals surface area (Å²) < 4.78 is 23.8. The molecule has 2 unspecified atom stereocenters. The number of carbonyl (C=O) groups is 1. The Labute approximate surface area is 176 Å². The molecule has 1 fully saturated rings. The number of ether oxygens (including phenoxy) is 2. The molecule has 7 heteroatoms. The Morgan fingerprint density at radius 3 is 2.77 bits per heavy atom. The number of rotatable bonds is 11. The average Bonchev–Trinajstić information content (AvgIpc) is 3.10. The van der Waals surface area contributed by atoms with Crippen molar-refractivity contribution in [1.29, 1.82) is 0 Å². The average molecular weight is 416 g/mol. The van der Waals surface area contributed by atoms with E-state index in [9.17, 15) is 14.3 Å². The molecule has 3 rings (SSSR count). The normalized spacial score (nSPS) is 17.2. The zero-order chi connectivity index (χ0) is 21.3. The van der Waals surface area contributed by atoms with Gasteiger partial charge >= 0.3 is 0 Å². The number of aliphatic hydroxyl groups is 1. The second-order valence-electron chi connectivity index (χ2n) is 7.47. The lowest BCUT2D eigenvalue weighted by atomic mass is 10.1. The Morgan fingerprint density at radius 1 is 1.23 bits per heavy atom. The van der Waals surface area contributed by atoms with Gasteiger partial charge in [0.05, 0.1) is 13.7 Å². The van der Waals surface area contributed by atoms with Crippen LogP contribution in [0.15, 0.2) is 48.5 Å². The number of hydrogen-bond acceptors (Lipinski definition) is 5. The summed E-state index contributed by atoms with van der Waals surface area (Å²) in [6.45, 7) is 1.75. The molecule has 30 heavy (non-hydrogen) atoms. The first-order chi connectivity index (χ1) is 14.5. The third-order valence-corrected chi connectivity index (χ3v) is 5.24. The van der Waals surface area contributed by atoms with Crippen molar-refractivity contribution in [2.75, 3.05) is 26.8 Å². The minimum atomic E-state index is -0.770. The molecule has 2 atom stereocenters. The van der Waals surface area contributed by atoms with Gasteiger partial charge in [-0.2, -0.15) is 0 Å². The number of methoxy groups -OCH3 is 1. The fourth-order valence-electron chi connectivity index (χ4n) is 3.61. The van der Waals surface area contributed by atoms with E-state index in [4.69, 9.17) is 9.47 Å². The van der Waals surface area contributed by atoms with Crippen LogP contribution in [0.3, 0.4) is 0 Å². The van der Waals surface area contributed by atoms with Crippen molar-refractivity contribution in [2.45, 2.75) is 38.0 Å². The van der Waals surface area contributed by atoms with Gasteiger partial charge in [-0.05, 0) is 49.2 Å². The Balaban J connectivity index is 1.41. The third kappa shape index (κ3) is 6.43. The summed E-state index contributed by atoms with van der Waals surface area (Å²) in [5.74, 6) is 1.12. The molecule has 2 N–H and O–H groups in total. The summed E-state index contributed by atoms with van der Waals surface area (Å²) in [7, 11) is 1.58. The Morgan fingerprint density at radius 2 is 2.00 bits per heavy atom. The maximum absolute atomic E-state index is 13.0. The molecule has 2 aromatic rings. The summed E-state index contributed by atoms with van der Waals surface area (Å²) in [6, 6.07) is 13.7. The van der Waals surface area contributed by atoms with E-state index in [1.54, 1.807) is 36.3 Å². The molecule has 162 valence electrons. The highest BCUT2D eigenvalue weighted by molar-refractivity contribution is 5.78. The minimum absolute atomic E-state index is 0.0685. The summed E-state index contributed by atoms with van der Waals surface area (Å²) in [5.41, 5.74) is 1.01. The summed E-state index contributed by atoms with van der Waals surface area (Å²) >= 11 is 0. The molecule has 0 radical (unpaired) electrons.